The zero-order valence-electron chi connectivity index (χ0n) is 15.1. The SMILES string of the molecule is C[Si](C)(Cl)CCCOCC1COCCOCCOCCOCCO1. The van der Waals surface area contributed by atoms with Crippen molar-refractivity contribution in [1.29, 1.82) is 0 Å². The molecule has 1 saturated heterocycles. The highest BCUT2D eigenvalue weighted by Crippen LogP contribution is 2.16. The summed E-state index contributed by atoms with van der Waals surface area (Å²) in [6, 6.07) is 1.06. The summed E-state index contributed by atoms with van der Waals surface area (Å²) in [5.41, 5.74) is 0. The lowest BCUT2D eigenvalue weighted by Gasteiger charge is -2.19. The first-order valence-corrected chi connectivity index (χ1v) is 13.0. The van der Waals surface area contributed by atoms with Crippen LogP contribution in [0.3, 0.4) is 0 Å². The van der Waals surface area contributed by atoms with Crippen LogP contribution in [-0.4, -0.2) is 86.2 Å². The quantitative estimate of drug-likeness (QED) is 0.398. The average Bonchev–Trinajstić information content (AvgIpc) is 2.53. The summed E-state index contributed by atoms with van der Waals surface area (Å²) < 4.78 is 33.4. The van der Waals surface area contributed by atoms with Crippen molar-refractivity contribution in [2.24, 2.45) is 0 Å². The van der Waals surface area contributed by atoms with Gasteiger partial charge in [0, 0.05) is 6.61 Å². The lowest BCUT2D eigenvalue weighted by molar-refractivity contribution is -0.0774. The van der Waals surface area contributed by atoms with Crippen molar-refractivity contribution in [2.75, 3.05) is 72.7 Å². The fourth-order valence-corrected chi connectivity index (χ4v) is 3.49. The zero-order valence-corrected chi connectivity index (χ0v) is 16.9. The van der Waals surface area contributed by atoms with Crippen LogP contribution in [-0.2, 0) is 28.4 Å². The molecule has 0 aromatic heterocycles. The Labute approximate surface area is 151 Å². The lowest BCUT2D eigenvalue weighted by atomic mass is 10.4. The van der Waals surface area contributed by atoms with Crippen LogP contribution in [0, 0.1) is 0 Å². The molecule has 1 aliphatic rings. The number of rotatable bonds is 6. The van der Waals surface area contributed by atoms with Crippen LogP contribution >= 0.6 is 11.1 Å². The third kappa shape index (κ3) is 14.6. The molecule has 24 heavy (non-hydrogen) atoms. The molecule has 1 heterocycles. The Hall–Kier alpha value is 0.267. The molecule has 0 aromatic carbocycles. The van der Waals surface area contributed by atoms with Crippen molar-refractivity contribution in [3.63, 3.8) is 0 Å². The van der Waals surface area contributed by atoms with E-state index in [0.29, 0.717) is 72.7 Å². The summed E-state index contributed by atoms with van der Waals surface area (Å²) in [6.45, 7) is 10.5. The fraction of sp³-hybridized carbons (Fsp3) is 1.00. The van der Waals surface area contributed by atoms with Gasteiger partial charge in [0.25, 0.3) is 0 Å². The number of halogens is 1. The second kappa shape index (κ2) is 14.4. The molecule has 0 bridgehead atoms. The Morgan fingerprint density at radius 1 is 0.875 bits per heavy atom. The number of hydrogen-bond donors (Lipinski definition) is 0. The molecule has 1 fully saturated rings. The Balaban J connectivity index is 2.19. The molecule has 144 valence electrons. The summed E-state index contributed by atoms with van der Waals surface area (Å²) in [6.07, 6.45) is 0.906. The average molecular weight is 385 g/mol. The molecule has 8 heteroatoms. The highest BCUT2D eigenvalue weighted by atomic mass is 35.6. The predicted octanol–water partition coefficient (Wildman–Crippen LogP) is 2.30. The molecule has 1 aliphatic heterocycles. The van der Waals surface area contributed by atoms with E-state index in [0.717, 1.165) is 12.5 Å². The molecule has 0 radical (unpaired) electrons. The van der Waals surface area contributed by atoms with E-state index in [4.69, 9.17) is 39.5 Å². The van der Waals surface area contributed by atoms with E-state index in [9.17, 15) is 0 Å². The van der Waals surface area contributed by atoms with Gasteiger partial charge in [-0.3, -0.25) is 0 Å². The first kappa shape index (κ1) is 22.3. The molecule has 0 N–H and O–H groups in total. The zero-order chi connectivity index (χ0) is 17.5. The topological polar surface area (TPSA) is 55.4 Å². The highest BCUT2D eigenvalue weighted by molar-refractivity contribution is 7.19. The smallest absolute Gasteiger partial charge is 0.150 e. The van der Waals surface area contributed by atoms with Crippen molar-refractivity contribution in [2.45, 2.75) is 31.7 Å². The van der Waals surface area contributed by atoms with Gasteiger partial charge in [0.05, 0.1) is 66.1 Å². The van der Waals surface area contributed by atoms with Gasteiger partial charge in [-0.15, -0.1) is 0 Å². The Morgan fingerprint density at radius 3 is 2.00 bits per heavy atom. The highest BCUT2D eigenvalue weighted by Gasteiger charge is 2.16. The molecule has 0 aromatic rings. The molecule has 6 nitrogen and oxygen atoms in total. The first-order valence-electron chi connectivity index (χ1n) is 8.77. The van der Waals surface area contributed by atoms with Gasteiger partial charge in [0.2, 0.25) is 0 Å². The van der Waals surface area contributed by atoms with E-state index in [1.807, 2.05) is 0 Å². The summed E-state index contributed by atoms with van der Waals surface area (Å²) in [5.74, 6) is 0. The molecular weight excluding hydrogens is 352 g/mol. The van der Waals surface area contributed by atoms with Crippen LogP contribution in [0.2, 0.25) is 19.1 Å². The minimum atomic E-state index is -1.50. The standard InChI is InChI=1S/C16H33ClO6Si/c1-24(2,17)13-3-4-21-14-16-15-22-10-9-19-6-5-18-7-8-20-11-12-23-16/h16H,3-15H2,1-2H3. The van der Waals surface area contributed by atoms with Crippen molar-refractivity contribution in [1.82, 2.24) is 0 Å². The summed E-state index contributed by atoms with van der Waals surface area (Å²) in [5, 5.41) is 0. The molecule has 0 amide bonds. The predicted molar refractivity (Wildman–Crippen MR) is 96.6 cm³/mol. The molecule has 1 atom stereocenters. The lowest BCUT2D eigenvalue weighted by Crippen LogP contribution is -2.28. The second-order valence-corrected chi connectivity index (χ2v) is 13.3. The van der Waals surface area contributed by atoms with Gasteiger partial charge < -0.3 is 28.4 Å². The van der Waals surface area contributed by atoms with E-state index < -0.39 is 7.38 Å². The van der Waals surface area contributed by atoms with Gasteiger partial charge in [-0.25, -0.2) is 0 Å². The Kier molecular flexibility index (Phi) is 13.4. The summed E-state index contributed by atoms with van der Waals surface area (Å²) in [4.78, 5) is 0. The fourth-order valence-electron chi connectivity index (χ4n) is 2.10. The molecular formula is C16H33ClO6Si. The van der Waals surface area contributed by atoms with Gasteiger partial charge in [-0.05, 0) is 12.5 Å². The van der Waals surface area contributed by atoms with Crippen LogP contribution in [0.5, 0.6) is 0 Å². The summed E-state index contributed by atoms with van der Waals surface area (Å²) >= 11 is 6.30. The van der Waals surface area contributed by atoms with Crippen molar-refractivity contribution < 1.29 is 28.4 Å². The van der Waals surface area contributed by atoms with Crippen LogP contribution in [0.25, 0.3) is 0 Å². The minimum Gasteiger partial charge on any atom is -0.379 e. The van der Waals surface area contributed by atoms with Crippen molar-refractivity contribution in [3.8, 4) is 0 Å². The van der Waals surface area contributed by atoms with E-state index in [1.165, 1.54) is 0 Å². The van der Waals surface area contributed by atoms with Gasteiger partial charge in [0.15, 0.2) is 7.38 Å². The van der Waals surface area contributed by atoms with Crippen LogP contribution < -0.4 is 0 Å². The largest absolute Gasteiger partial charge is 0.379 e. The molecule has 0 aliphatic carbocycles. The normalized spacial score (nSPS) is 23.4. The van der Waals surface area contributed by atoms with Gasteiger partial charge >= 0.3 is 0 Å². The minimum absolute atomic E-state index is 0.0868. The maximum absolute atomic E-state index is 6.30. The third-order valence-corrected chi connectivity index (χ3v) is 5.47. The van der Waals surface area contributed by atoms with Crippen molar-refractivity contribution in [3.05, 3.63) is 0 Å². The van der Waals surface area contributed by atoms with Crippen molar-refractivity contribution >= 4 is 18.5 Å². The second-order valence-electron chi connectivity index (χ2n) is 6.30. The van der Waals surface area contributed by atoms with Crippen LogP contribution in [0.4, 0.5) is 0 Å². The number of hydrogen-bond acceptors (Lipinski definition) is 6. The Bertz CT molecular complexity index is 274. The van der Waals surface area contributed by atoms with E-state index in [2.05, 4.69) is 13.1 Å². The van der Waals surface area contributed by atoms with Gasteiger partial charge in [-0.1, -0.05) is 13.1 Å². The van der Waals surface area contributed by atoms with Crippen LogP contribution in [0.1, 0.15) is 6.42 Å². The molecule has 0 spiro atoms. The summed E-state index contributed by atoms with van der Waals surface area (Å²) in [7, 11) is -1.50. The maximum Gasteiger partial charge on any atom is 0.150 e. The number of ether oxygens (including phenoxy) is 6. The van der Waals surface area contributed by atoms with Gasteiger partial charge in [-0.2, -0.15) is 11.1 Å². The molecule has 1 unspecified atom stereocenters. The molecule has 1 rings (SSSR count). The van der Waals surface area contributed by atoms with Crippen LogP contribution in [0.15, 0.2) is 0 Å². The van der Waals surface area contributed by atoms with Gasteiger partial charge in [0.1, 0.15) is 6.10 Å². The van der Waals surface area contributed by atoms with E-state index in [-0.39, 0.29) is 6.10 Å². The van der Waals surface area contributed by atoms with E-state index in [1.54, 1.807) is 0 Å². The monoisotopic (exact) mass is 384 g/mol. The Morgan fingerprint density at radius 2 is 1.42 bits per heavy atom. The third-order valence-electron chi connectivity index (χ3n) is 3.36. The maximum atomic E-state index is 6.30. The molecule has 0 saturated carbocycles. The van der Waals surface area contributed by atoms with E-state index >= 15 is 0 Å². The first-order chi connectivity index (χ1) is 11.6.